The van der Waals surface area contributed by atoms with Crippen molar-refractivity contribution in [3.8, 4) is 5.75 Å². The van der Waals surface area contributed by atoms with Crippen molar-refractivity contribution >= 4 is 0 Å². The van der Waals surface area contributed by atoms with Crippen molar-refractivity contribution in [1.29, 1.82) is 0 Å². The third-order valence-corrected chi connectivity index (χ3v) is 5.31. The van der Waals surface area contributed by atoms with Crippen LogP contribution in [0.5, 0.6) is 5.75 Å². The minimum Gasteiger partial charge on any atom is -0.490 e. The van der Waals surface area contributed by atoms with Gasteiger partial charge < -0.3 is 9.84 Å². The topological polar surface area (TPSA) is 32.7 Å². The van der Waals surface area contributed by atoms with Crippen LogP contribution in [0.2, 0.25) is 0 Å². The number of hydrogen-bond donors (Lipinski definition) is 1. The molecule has 3 rings (SSSR count). The molecule has 22 heavy (non-hydrogen) atoms. The maximum atomic E-state index is 9.45. The number of ether oxygens (including phenoxy) is 1. The van der Waals surface area contributed by atoms with Gasteiger partial charge in [0.1, 0.15) is 5.75 Å². The molecule has 3 heteroatoms. The highest BCUT2D eigenvalue weighted by atomic mass is 16.5. The molecule has 2 aliphatic rings. The van der Waals surface area contributed by atoms with Crippen molar-refractivity contribution in [2.45, 2.75) is 64.1 Å². The van der Waals surface area contributed by atoms with E-state index in [1.54, 1.807) is 0 Å². The Kier molecular flexibility index (Phi) is 5.37. The van der Waals surface area contributed by atoms with Gasteiger partial charge in [-0.05, 0) is 57.4 Å². The molecule has 1 heterocycles. The first-order valence-electron chi connectivity index (χ1n) is 8.85. The quantitative estimate of drug-likeness (QED) is 0.902. The summed E-state index contributed by atoms with van der Waals surface area (Å²) >= 11 is 0. The SMILES string of the molecule is C[C@@H]1CC[C@@H](CO)CN1Cc1ccccc1OC1CCCC1. The average molecular weight is 303 g/mol. The van der Waals surface area contributed by atoms with Crippen molar-refractivity contribution in [2.75, 3.05) is 13.2 Å². The molecule has 1 aliphatic carbocycles. The molecule has 2 atom stereocenters. The Balaban J connectivity index is 1.68. The number of piperidine rings is 1. The minimum absolute atomic E-state index is 0.309. The molecule has 122 valence electrons. The van der Waals surface area contributed by atoms with Crippen LogP contribution in [0.1, 0.15) is 51.0 Å². The van der Waals surface area contributed by atoms with Crippen molar-refractivity contribution < 1.29 is 9.84 Å². The van der Waals surface area contributed by atoms with Crippen molar-refractivity contribution in [3.63, 3.8) is 0 Å². The first-order valence-corrected chi connectivity index (χ1v) is 8.85. The van der Waals surface area contributed by atoms with E-state index >= 15 is 0 Å². The standard InChI is InChI=1S/C19H29NO2/c1-15-10-11-16(14-21)12-20(15)13-17-6-2-5-9-19(17)22-18-7-3-4-8-18/h2,5-6,9,15-16,18,21H,3-4,7-8,10-14H2,1H3/t15-,16-/m1/s1. The molecule has 0 bridgehead atoms. The lowest BCUT2D eigenvalue weighted by Gasteiger charge is -2.37. The summed E-state index contributed by atoms with van der Waals surface area (Å²) in [6.07, 6.45) is 7.72. The van der Waals surface area contributed by atoms with Crippen molar-refractivity contribution in [1.82, 2.24) is 4.90 Å². The number of aliphatic hydroxyl groups excluding tert-OH is 1. The van der Waals surface area contributed by atoms with Crippen LogP contribution in [0.3, 0.4) is 0 Å². The van der Waals surface area contributed by atoms with Crippen molar-refractivity contribution in [2.24, 2.45) is 5.92 Å². The van der Waals surface area contributed by atoms with E-state index in [4.69, 9.17) is 4.74 Å². The molecular formula is C19H29NO2. The van der Waals surface area contributed by atoms with Crippen LogP contribution in [0.4, 0.5) is 0 Å². The Labute approximate surface area is 134 Å². The second kappa shape index (κ2) is 7.47. The van der Waals surface area contributed by atoms with Crippen LogP contribution in [0, 0.1) is 5.92 Å². The van der Waals surface area contributed by atoms with Gasteiger partial charge in [0.2, 0.25) is 0 Å². The largest absolute Gasteiger partial charge is 0.490 e. The van der Waals surface area contributed by atoms with E-state index < -0.39 is 0 Å². The minimum atomic E-state index is 0.309. The lowest BCUT2D eigenvalue weighted by atomic mass is 9.93. The monoisotopic (exact) mass is 303 g/mol. The zero-order valence-electron chi connectivity index (χ0n) is 13.7. The molecule has 1 N–H and O–H groups in total. The average Bonchev–Trinajstić information content (AvgIpc) is 3.04. The summed E-state index contributed by atoms with van der Waals surface area (Å²) in [5, 5.41) is 9.45. The molecule has 1 saturated carbocycles. The lowest BCUT2D eigenvalue weighted by Crippen LogP contribution is -2.42. The zero-order chi connectivity index (χ0) is 15.4. The molecule has 0 spiro atoms. The molecular weight excluding hydrogens is 274 g/mol. The highest BCUT2D eigenvalue weighted by Crippen LogP contribution is 2.29. The van der Waals surface area contributed by atoms with Gasteiger partial charge in [0, 0.05) is 31.3 Å². The molecule has 2 fully saturated rings. The highest BCUT2D eigenvalue weighted by molar-refractivity contribution is 5.33. The van der Waals surface area contributed by atoms with Crippen molar-refractivity contribution in [3.05, 3.63) is 29.8 Å². The van der Waals surface area contributed by atoms with Gasteiger partial charge in [0.15, 0.2) is 0 Å². The van der Waals surface area contributed by atoms with Crippen LogP contribution in [0.25, 0.3) is 0 Å². The van der Waals surface area contributed by atoms with E-state index in [1.807, 2.05) is 0 Å². The predicted molar refractivity (Wildman–Crippen MR) is 89.0 cm³/mol. The molecule has 1 saturated heterocycles. The molecule has 1 aliphatic heterocycles. The molecule has 1 aromatic carbocycles. The third kappa shape index (κ3) is 3.82. The first-order chi connectivity index (χ1) is 10.8. The number of rotatable bonds is 5. The Bertz CT molecular complexity index is 470. The number of aliphatic hydroxyl groups is 1. The maximum absolute atomic E-state index is 9.45. The van der Waals surface area contributed by atoms with E-state index in [9.17, 15) is 5.11 Å². The van der Waals surface area contributed by atoms with Gasteiger partial charge in [-0.15, -0.1) is 0 Å². The van der Waals surface area contributed by atoms with Crippen LogP contribution in [-0.2, 0) is 6.54 Å². The van der Waals surface area contributed by atoms with Crippen LogP contribution >= 0.6 is 0 Å². The Morgan fingerprint density at radius 2 is 1.91 bits per heavy atom. The predicted octanol–water partition coefficient (Wildman–Crippen LogP) is 3.60. The van der Waals surface area contributed by atoms with E-state index in [2.05, 4.69) is 36.1 Å². The third-order valence-electron chi connectivity index (χ3n) is 5.31. The zero-order valence-corrected chi connectivity index (χ0v) is 13.7. The summed E-state index contributed by atoms with van der Waals surface area (Å²) in [6, 6.07) is 9.08. The van der Waals surface area contributed by atoms with E-state index in [0.29, 0.717) is 24.7 Å². The first kappa shape index (κ1) is 15.8. The second-order valence-corrected chi connectivity index (χ2v) is 7.04. The fourth-order valence-electron chi connectivity index (χ4n) is 3.79. The van der Waals surface area contributed by atoms with Gasteiger partial charge in [-0.1, -0.05) is 18.2 Å². The van der Waals surface area contributed by atoms with E-state index in [-0.39, 0.29) is 0 Å². The number of hydrogen-bond acceptors (Lipinski definition) is 3. The normalized spacial score (nSPS) is 27.2. The van der Waals surface area contributed by atoms with Gasteiger partial charge in [-0.25, -0.2) is 0 Å². The summed E-state index contributed by atoms with van der Waals surface area (Å²) in [5.74, 6) is 1.49. The highest BCUT2D eigenvalue weighted by Gasteiger charge is 2.26. The Hall–Kier alpha value is -1.06. The number of benzene rings is 1. The van der Waals surface area contributed by atoms with Gasteiger partial charge >= 0.3 is 0 Å². The fourth-order valence-corrected chi connectivity index (χ4v) is 3.79. The van der Waals surface area contributed by atoms with Gasteiger partial charge in [-0.3, -0.25) is 4.90 Å². The molecule has 1 aromatic rings. The Morgan fingerprint density at radius 1 is 1.14 bits per heavy atom. The smallest absolute Gasteiger partial charge is 0.124 e. The maximum Gasteiger partial charge on any atom is 0.124 e. The van der Waals surface area contributed by atoms with E-state index in [0.717, 1.165) is 25.3 Å². The molecule has 0 aromatic heterocycles. The fraction of sp³-hybridized carbons (Fsp3) is 0.684. The van der Waals surface area contributed by atoms with Crippen LogP contribution < -0.4 is 4.74 Å². The van der Waals surface area contributed by atoms with Gasteiger partial charge in [0.05, 0.1) is 6.10 Å². The van der Waals surface area contributed by atoms with Crippen LogP contribution in [-0.4, -0.2) is 35.3 Å². The van der Waals surface area contributed by atoms with Gasteiger partial charge in [-0.2, -0.15) is 0 Å². The summed E-state index contributed by atoms with van der Waals surface area (Å²) in [4.78, 5) is 2.50. The molecule has 0 amide bonds. The Morgan fingerprint density at radius 3 is 2.68 bits per heavy atom. The number of likely N-dealkylation sites (tertiary alicyclic amines) is 1. The molecule has 3 nitrogen and oxygen atoms in total. The lowest BCUT2D eigenvalue weighted by molar-refractivity contribution is 0.0758. The summed E-state index contributed by atoms with van der Waals surface area (Å²) < 4.78 is 6.26. The second-order valence-electron chi connectivity index (χ2n) is 7.04. The summed E-state index contributed by atoms with van der Waals surface area (Å²) in [6.45, 7) is 4.54. The summed E-state index contributed by atoms with van der Waals surface area (Å²) in [7, 11) is 0. The molecule has 0 radical (unpaired) electrons. The number of nitrogens with zero attached hydrogens (tertiary/aromatic N) is 1. The van der Waals surface area contributed by atoms with E-state index in [1.165, 1.54) is 37.7 Å². The summed E-state index contributed by atoms with van der Waals surface area (Å²) in [5.41, 5.74) is 1.29. The van der Waals surface area contributed by atoms with Crippen LogP contribution in [0.15, 0.2) is 24.3 Å². The number of para-hydroxylation sites is 1. The molecule has 0 unspecified atom stereocenters. The van der Waals surface area contributed by atoms with Gasteiger partial charge in [0.25, 0.3) is 0 Å².